The molecule has 170 valence electrons. The maximum atomic E-state index is 12.6. The van der Waals surface area contributed by atoms with E-state index in [9.17, 15) is 14.9 Å². The predicted octanol–water partition coefficient (Wildman–Crippen LogP) is 3.00. The largest absolute Gasteiger partial charge is 0.497 e. The monoisotopic (exact) mass is 436 g/mol. The average Bonchev–Trinajstić information content (AvgIpc) is 2.77. The molecule has 7 heteroatoms. The van der Waals surface area contributed by atoms with Gasteiger partial charge in [0.25, 0.3) is 5.56 Å². The minimum Gasteiger partial charge on any atom is -0.497 e. The van der Waals surface area contributed by atoms with Crippen LogP contribution >= 0.6 is 0 Å². The minimum absolute atomic E-state index is 0.0183. The third kappa shape index (κ3) is 5.20. The fourth-order valence-corrected chi connectivity index (χ4v) is 4.79. The minimum atomic E-state index is -0.373. The molecule has 1 amide bonds. The molecule has 2 atom stereocenters. The fraction of sp³-hybridized carbons (Fsp3) is 0.480. The maximum Gasteiger partial charge on any atom is 0.266 e. The second-order valence-corrected chi connectivity index (χ2v) is 8.57. The van der Waals surface area contributed by atoms with Crippen molar-refractivity contribution in [1.82, 2.24) is 15.2 Å². The maximum absolute atomic E-state index is 12.6. The van der Waals surface area contributed by atoms with E-state index in [1.54, 1.807) is 21.0 Å². The first kappa shape index (κ1) is 23.6. The average molecular weight is 437 g/mol. The number of nitrogens with zero attached hydrogens (tertiary/aromatic N) is 2. The summed E-state index contributed by atoms with van der Waals surface area (Å²) in [5.41, 5.74) is 3.23. The van der Waals surface area contributed by atoms with Gasteiger partial charge in [-0.05, 0) is 81.4 Å². The van der Waals surface area contributed by atoms with Crippen molar-refractivity contribution in [3.8, 4) is 11.8 Å². The number of aryl methyl sites for hydroxylation is 1. The zero-order valence-electron chi connectivity index (χ0n) is 19.3. The van der Waals surface area contributed by atoms with E-state index in [0.717, 1.165) is 30.7 Å². The molecule has 0 aliphatic carbocycles. The molecule has 1 aromatic heterocycles. The van der Waals surface area contributed by atoms with Crippen LogP contribution in [0.5, 0.6) is 5.75 Å². The zero-order chi connectivity index (χ0) is 23.3. The van der Waals surface area contributed by atoms with Crippen molar-refractivity contribution in [1.29, 1.82) is 5.26 Å². The number of carbonyl (C=O) groups excluding carboxylic acids is 1. The number of aromatic nitrogens is 1. The number of H-pyrrole nitrogens is 1. The SMILES string of the molecule is COc1ccc(C2C(CNC(=O)CCc3c(C)[nH]c(=O)c(C#N)c3C)CCCN2C)cc1. The second-order valence-electron chi connectivity index (χ2n) is 8.57. The van der Waals surface area contributed by atoms with Gasteiger partial charge in [-0.3, -0.25) is 14.5 Å². The number of nitrogens with one attached hydrogen (secondary N) is 2. The number of methoxy groups -OCH3 is 1. The van der Waals surface area contributed by atoms with Crippen molar-refractivity contribution in [3.63, 3.8) is 0 Å². The van der Waals surface area contributed by atoms with Gasteiger partial charge in [-0.2, -0.15) is 5.26 Å². The number of amides is 1. The summed E-state index contributed by atoms with van der Waals surface area (Å²) < 4.78 is 5.28. The normalized spacial score (nSPS) is 18.7. The lowest BCUT2D eigenvalue weighted by atomic mass is 9.85. The van der Waals surface area contributed by atoms with Crippen LogP contribution in [0, 0.1) is 31.1 Å². The number of carbonyl (C=O) groups is 1. The van der Waals surface area contributed by atoms with Gasteiger partial charge in [0, 0.05) is 24.7 Å². The number of rotatable bonds is 7. The van der Waals surface area contributed by atoms with E-state index in [1.807, 2.05) is 18.2 Å². The summed E-state index contributed by atoms with van der Waals surface area (Å²) in [6.45, 7) is 5.23. The van der Waals surface area contributed by atoms with Gasteiger partial charge >= 0.3 is 0 Å². The van der Waals surface area contributed by atoms with Crippen LogP contribution in [0.25, 0.3) is 0 Å². The molecule has 2 heterocycles. The quantitative estimate of drug-likeness (QED) is 0.695. The fourth-order valence-electron chi connectivity index (χ4n) is 4.79. The summed E-state index contributed by atoms with van der Waals surface area (Å²) in [5, 5.41) is 12.3. The lowest BCUT2D eigenvalue weighted by Crippen LogP contribution is -2.41. The number of likely N-dealkylation sites (tertiary alicyclic amines) is 1. The van der Waals surface area contributed by atoms with E-state index in [1.165, 1.54) is 5.56 Å². The topological polar surface area (TPSA) is 98.2 Å². The molecule has 7 nitrogen and oxygen atoms in total. The number of pyridine rings is 1. The molecule has 1 fully saturated rings. The first-order valence-electron chi connectivity index (χ1n) is 11.1. The number of ether oxygens (including phenoxy) is 1. The number of benzene rings is 1. The highest BCUT2D eigenvalue weighted by Gasteiger charge is 2.30. The van der Waals surface area contributed by atoms with E-state index in [2.05, 4.69) is 34.4 Å². The van der Waals surface area contributed by atoms with Crippen molar-refractivity contribution < 1.29 is 9.53 Å². The molecule has 0 radical (unpaired) electrons. The first-order valence-corrected chi connectivity index (χ1v) is 11.1. The number of hydrogen-bond acceptors (Lipinski definition) is 5. The summed E-state index contributed by atoms with van der Waals surface area (Å²) in [5.74, 6) is 1.15. The van der Waals surface area contributed by atoms with E-state index < -0.39 is 0 Å². The van der Waals surface area contributed by atoms with Crippen molar-refractivity contribution in [3.05, 3.63) is 62.6 Å². The van der Waals surface area contributed by atoms with Gasteiger partial charge in [-0.1, -0.05) is 12.1 Å². The Kier molecular flexibility index (Phi) is 7.70. The van der Waals surface area contributed by atoms with Crippen molar-refractivity contribution in [2.24, 2.45) is 5.92 Å². The summed E-state index contributed by atoms with van der Waals surface area (Å²) >= 11 is 0. The molecule has 0 saturated carbocycles. The number of hydrogen-bond donors (Lipinski definition) is 2. The molecule has 0 bridgehead atoms. The van der Waals surface area contributed by atoms with Gasteiger partial charge in [0.2, 0.25) is 5.91 Å². The summed E-state index contributed by atoms with van der Waals surface area (Å²) in [4.78, 5) is 29.6. The smallest absolute Gasteiger partial charge is 0.266 e. The highest BCUT2D eigenvalue weighted by molar-refractivity contribution is 5.76. The highest BCUT2D eigenvalue weighted by Crippen LogP contribution is 2.35. The van der Waals surface area contributed by atoms with E-state index >= 15 is 0 Å². The van der Waals surface area contributed by atoms with Crippen LogP contribution in [0.4, 0.5) is 0 Å². The number of aromatic amines is 1. The molecular formula is C25H32N4O3. The highest BCUT2D eigenvalue weighted by atomic mass is 16.5. The van der Waals surface area contributed by atoms with Crippen molar-refractivity contribution >= 4 is 5.91 Å². The third-order valence-corrected chi connectivity index (χ3v) is 6.55. The van der Waals surface area contributed by atoms with Crippen LogP contribution in [0.1, 0.15) is 53.3 Å². The molecule has 3 rings (SSSR count). The van der Waals surface area contributed by atoms with Crippen LogP contribution in [0.15, 0.2) is 29.1 Å². The van der Waals surface area contributed by atoms with Crippen molar-refractivity contribution in [2.75, 3.05) is 27.2 Å². The van der Waals surface area contributed by atoms with Crippen molar-refractivity contribution in [2.45, 2.75) is 45.6 Å². The van der Waals surface area contributed by atoms with Gasteiger partial charge in [0.15, 0.2) is 0 Å². The van der Waals surface area contributed by atoms with E-state index in [0.29, 0.717) is 36.6 Å². The van der Waals surface area contributed by atoms with E-state index in [4.69, 9.17) is 4.74 Å². The van der Waals surface area contributed by atoms with Crippen LogP contribution in [-0.2, 0) is 11.2 Å². The Labute approximate surface area is 189 Å². The Bertz CT molecular complexity index is 1050. The molecule has 2 aromatic rings. The molecule has 1 aliphatic rings. The molecule has 1 aliphatic heterocycles. The molecule has 32 heavy (non-hydrogen) atoms. The van der Waals surface area contributed by atoms with Crippen LogP contribution < -0.4 is 15.6 Å². The molecule has 1 aromatic carbocycles. The van der Waals surface area contributed by atoms with Gasteiger partial charge in [-0.25, -0.2) is 0 Å². The Morgan fingerprint density at radius 3 is 2.69 bits per heavy atom. The lowest BCUT2D eigenvalue weighted by molar-refractivity contribution is -0.121. The summed E-state index contributed by atoms with van der Waals surface area (Å²) in [6.07, 6.45) is 2.97. The predicted molar refractivity (Wildman–Crippen MR) is 124 cm³/mol. The van der Waals surface area contributed by atoms with Gasteiger partial charge in [0.05, 0.1) is 7.11 Å². The van der Waals surface area contributed by atoms with Gasteiger partial charge < -0.3 is 15.0 Å². The van der Waals surface area contributed by atoms with Crippen LogP contribution in [0.3, 0.4) is 0 Å². The Hall–Kier alpha value is -3.11. The molecule has 2 unspecified atom stereocenters. The van der Waals surface area contributed by atoms with Crippen LogP contribution in [-0.4, -0.2) is 43.0 Å². The Balaban J connectivity index is 1.63. The summed E-state index contributed by atoms with van der Waals surface area (Å²) in [7, 11) is 3.80. The zero-order valence-corrected chi connectivity index (χ0v) is 19.3. The van der Waals surface area contributed by atoms with E-state index in [-0.39, 0.29) is 23.1 Å². The molecule has 0 spiro atoms. The molecule has 1 saturated heterocycles. The summed E-state index contributed by atoms with van der Waals surface area (Å²) in [6, 6.07) is 10.4. The Morgan fingerprint density at radius 2 is 2.03 bits per heavy atom. The number of nitriles is 1. The first-order chi connectivity index (χ1) is 15.3. The second kappa shape index (κ2) is 10.5. The Morgan fingerprint density at radius 1 is 1.31 bits per heavy atom. The van der Waals surface area contributed by atoms with Crippen LogP contribution in [0.2, 0.25) is 0 Å². The number of piperidine rings is 1. The molecular weight excluding hydrogens is 404 g/mol. The third-order valence-electron chi connectivity index (χ3n) is 6.55. The lowest BCUT2D eigenvalue weighted by Gasteiger charge is -2.39. The molecule has 2 N–H and O–H groups in total. The van der Waals surface area contributed by atoms with Gasteiger partial charge in [0.1, 0.15) is 17.4 Å². The standard InChI is InChI=1S/C25H32N4O3/c1-16-21(17(2)28-25(31)22(16)14-26)11-12-23(30)27-15-19-6-5-13-29(3)24(19)18-7-9-20(32-4)10-8-18/h7-10,19,24H,5-6,11-13,15H2,1-4H3,(H,27,30)(H,28,31). The van der Waals surface area contributed by atoms with Gasteiger partial charge in [-0.15, -0.1) is 0 Å².